The highest BCUT2D eigenvalue weighted by molar-refractivity contribution is 6.36. The number of benzene rings is 2. The fraction of sp³-hybridized carbons (Fsp3) is 0.0714. The van der Waals surface area contributed by atoms with Crippen molar-refractivity contribution in [3.8, 4) is 0 Å². The van der Waals surface area contributed by atoms with Crippen LogP contribution in [0.25, 0.3) is 0 Å². The molecule has 1 N–H and O–H groups in total. The molecule has 0 aromatic heterocycles. The van der Waals surface area contributed by atoms with Gasteiger partial charge in [0.1, 0.15) is 0 Å². The molecule has 2 rings (SSSR count). The van der Waals surface area contributed by atoms with Crippen LogP contribution in [0.1, 0.15) is 5.56 Å². The molecule has 0 radical (unpaired) electrons. The number of carbonyl (C=O) groups excluding carboxylic acids is 1. The van der Waals surface area contributed by atoms with Crippen LogP contribution in [0.5, 0.6) is 0 Å². The predicted molar refractivity (Wildman–Crippen MR) is 75.2 cm³/mol. The molecule has 0 unspecified atom stereocenters. The lowest BCUT2D eigenvalue weighted by Gasteiger charge is -2.07. The first kappa shape index (κ1) is 12.9. The van der Waals surface area contributed by atoms with E-state index in [0.717, 1.165) is 5.56 Å². The van der Waals surface area contributed by atoms with Gasteiger partial charge in [0.05, 0.1) is 17.1 Å². The minimum absolute atomic E-state index is 0.106. The molecule has 0 heterocycles. The quantitative estimate of drug-likeness (QED) is 0.898. The van der Waals surface area contributed by atoms with E-state index in [1.54, 1.807) is 18.2 Å². The SMILES string of the molecule is O=C(Cc1ccccc1)Nc1ccc(Cl)cc1Cl. The molecule has 2 aromatic carbocycles. The van der Waals surface area contributed by atoms with E-state index in [4.69, 9.17) is 23.2 Å². The van der Waals surface area contributed by atoms with Crippen LogP contribution in [0.3, 0.4) is 0 Å². The summed E-state index contributed by atoms with van der Waals surface area (Å²) in [5.41, 5.74) is 1.53. The number of halogens is 2. The van der Waals surface area contributed by atoms with Gasteiger partial charge in [0.25, 0.3) is 0 Å². The van der Waals surface area contributed by atoms with E-state index in [1.165, 1.54) is 0 Å². The van der Waals surface area contributed by atoms with Crippen LogP contribution in [-0.4, -0.2) is 5.91 Å². The first-order valence-electron chi connectivity index (χ1n) is 5.44. The Balaban J connectivity index is 2.03. The molecule has 1 amide bonds. The summed E-state index contributed by atoms with van der Waals surface area (Å²) < 4.78 is 0. The monoisotopic (exact) mass is 279 g/mol. The lowest BCUT2D eigenvalue weighted by atomic mass is 10.1. The van der Waals surface area contributed by atoms with Crippen molar-refractivity contribution in [1.29, 1.82) is 0 Å². The predicted octanol–water partition coefficient (Wildman–Crippen LogP) is 4.17. The largest absolute Gasteiger partial charge is 0.324 e. The normalized spacial score (nSPS) is 10.1. The van der Waals surface area contributed by atoms with Gasteiger partial charge < -0.3 is 5.32 Å². The third-order valence-corrected chi connectivity index (χ3v) is 2.96. The summed E-state index contributed by atoms with van der Waals surface area (Å²) >= 11 is 11.8. The van der Waals surface area contributed by atoms with Crippen molar-refractivity contribution in [1.82, 2.24) is 0 Å². The summed E-state index contributed by atoms with van der Waals surface area (Å²) in [6.45, 7) is 0. The molecule has 0 saturated heterocycles. The van der Waals surface area contributed by atoms with Gasteiger partial charge in [-0.05, 0) is 23.8 Å². The molecule has 0 spiro atoms. The van der Waals surface area contributed by atoms with E-state index in [0.29, 0.717) is 22.2 Å². The molecular weight excluding hydrogens is 269 g/mol. The number of anilines is 1. The van der Waals surface area contributed by atoms with Crippen LogP contribution in [0.4, 0.5) is 5.69 Å². The standard InChI is InChI=1S/C14H11Cl2NO/c15-11-6-7-13(12(16)9-11)17-14(18)8-10-4-2-1-3-5-10/h1-7,9H,8H2,(H,17,18). The zero-order valence-corrected chi connectivity index (χ0v) is 11.0. The van der Waals surface area contributed by atoms with Crippen LogP contribution in [0.15, 0.2) is 48.5 Å². The second-order valence-electron chi connectivity index (χ2n) is 3.83. The number of nitrogens with one attached hydrogen (secondary N) is 1. The maximum absolute atomic E-state index is 11.8. The molecule has 2 aromatic rings. The fourth-order valence-electron chi connectivity index (χ4n) is 1.57. The highest BCUT2D eigenvalue weighted by atomic mass is 35.5. The molecule has 18 heavy (non-hydrogen) atoms. The third kappa shape index (κ3) is 3.49. The Hall–Kier alpha value is -1.51. The van der Waals surface area contributed by atoms with Gasteiger partial charge in [0.15, 0.2) is 0 Å². The highest BCUT2D eigenvalue weighted by Gasteiger charge is 2.07. The second-order valence-corrected chi connectivity index (χ2v) is 4.68. The molecule has 0 aliphatic carbocycles. The molecule has 0 aliphatic heterocycles. The average molecular weight is 280 g/mol. The zero-order chi connectivity index (χ0) is 13.0. The van der Waals surface area contributed by atoms with Gasteiger partial charge in [0.2, 0.25) is 5.91 Å². The molecule has 0 aliphatic rings. The molecule has 0 bridgehead atoms. The fourth-order valence-corrected chi connectivity index (χ4v) is 2.02. The van der Waals surface area contributed by atoms with Gasteiger partial charge in [-0.15, -0.1) is 0 Å². The van der Waals surface area contributed by atoms with Crippen LogP contribution < -0.4 is 5.32 Å². The van der Waals surface area contributed by atoms with Crippen molar-refractivity contribution in [2.24, 2.45) is 0 Å². The van der Waals surface area contributed by atoms with E-state index < -0.39 is 0 Å². The lowest BCUT2D eigenvalue weighted by molar-refractivity contribution is -0.115. The van der Waals surface area contributed by atoms with Gasteiger partial charge >= 0.3 is 0 Å². The van der Waals surface area contributed by atoms with Crippen molar-refractivity contribution < 1.29 is 4.79 Å². The maximum Gasteiger partial charge on any atom is 0.228 e. The Morgan fingerprint density at radius 1 is 1.06 bits per heavy atom. The minimum Gasteiger partial charge on any atom is -0.324 e. The van der Waals surface area contributed by atoms with Gasteiger partial charge in [-0.1, -0.05) is 53.5 Å². The Kier molecular flexibility index (Phi) is 4.24. The first-order chi connectivity index (χ1) is 8.65. The summed E-state index contributed by atoms with van der Waals surface area (Å²) in [5.74, 6) is -0.106. The number of amides is 1. The number of hydrogen-bond donors (Lipinski definition) is 1. The Morgan fingerprint density at radius 3 is 2.44 bits per heavy atom. The Labute approximate surface area is 116 Å². The summed E-state index contributed by atoms with van der Waals surface area (Å²) in [4.78, 5) is 11.8. The van der Waals surface area contributed by atoms with Crippen molar-refractivity contribution in [3.05, 3.63) is 64.1 Å². The van der Waals surface area contributed by atoms with Crippen LogP contribution in [0, 0.1) is 0 Å². The molecule has 0 fully saturated rings. The van der Waals surface area contributed by atoms with Crippen molar-refractivity contribution >= 4 is 34.8 Å². The van der Waals surface area contributed by atoms with Gasteiger partial charge in [-0.25, -0.2) is 0 Å². The second kappa shape index (κ2) is 5.89. The molecule has 0 atom stereocenters. The van der Waals surface area contributed by atoms with Gasteiger partial charge in [-0.3, -0.25) is 4.79 Å². The number of rotatable bonds is 3. The Morgan fingerprint density at radius 2 is 1.78 bits per heavy atom. The van der Waals surface area contributed by atoms with Crippen molar-refractivity contribution in [3.63, 3.8) is 0 Å². The molecule has 4 heteroatoms. The summed E-state index contributed by atoms with van der Waals surface area (Å²) in [6.07, 6.45) is 0.319. The van der Waals surface area contributed by atoms with E-state index in [2.05, 4.69) is 5.32 Å². The van der Waals surface area contributed by atoms with E-state index in [9.17, 15) is 4.79 Å². The topological polar surface area (TPSA) is 29.1 Å². The summed E-state index contributed by atoms with van der Waals surface area (Å²) in [5, 5.41) is 3.73. The highest BCUT2D eigenvalue weighted by Crippen LogP contribution is 2.25. The summed E-state index contributed by atoms with van der Waals surface area (Å²) in [6, 6.07) is 14.5. The molecular formula is C14H11Cl2NO. The molecule has 2 nitrogen and oxygen atoms in total. The third-order valence-electron chi connectivity index (χ3n) is 2.41. The minimum atomic E-state index is -0.106. The average Bonchev–Trinajstić information content (AvgIpc) is 2.34. The van der Waals surface area contributed by atoms with Crippen molar-refractivity contribution in [2.45, 2.75) is 6.42 Å². The number of carbonyl (C=O) groups is 1. The zero-order valence-electron chi connectivity index (χ0n) is 9.49. The number of hydrogen-bond acceptors (Lipinski definition) is 1. The molecule has 92 valence electrons. The van der Waals surface area contributed by atoms with Crippen molar-refractivity contribution in [2.75, 3.05) is 5.32 Å². The summed E-state index contributed by atoms with van der Waals surface area (Å²) in [7, 11) is 0. The maximum atomic E-state index is 11.8. The first-order valence-corrected chi connectivity index (χ1v) is 6.19. The van der Waals surface area contributed by atoms with Gasteiger partial charge in [-0.2, -0.15) is 0 Å². The van der Waals surface area contributed by atoms with E-state index in [-0.39, 0.29) is 5.91 Å². The smallest absolute Gasteiger partial charge is 0.228 e. The lowest BCUT2D eigenvalue weighted by Crippen LogP contribution is -2.14. The van der Waals surface area contributed by atoms with Crippen LogP contribution >= 0.6 is 23.2 Å². The Bertz CT molecular complexity index is 555. The molecule has 0 saturated carbocycles. The van der Waals surface area contributed by atoms with Crippen LogP contribution in [0.2, 0.25) is 10.0 Å². The van der Waals surface area contributed by atoms with Crippen LogP contribution in [-0.2, 0) is 11.2 Å². The van der Waals surface area contributed by atoms with Gasteiger partial charge in [0, 0.05) is 5.02 Å². The van der Waals surface area contributed by atoms with E-state index in [1.807, 2.05) is 30.3 Å². The van der Waals surface area contributed by atoms with E-state index >= 15 is 0 Å².